The maximum Gasteiger partial charge on any atom is 0.236 e. The van der Waals surface area contributed by atoms with Crippen LogP contribution in [0.15, 0.2) is 168 Å². The molecule has 12 aromatic rings. The van der Waals surface area contributed by atoms with E-state index in [2.05, 4.69) is 168 Å². The van der Waals surface area contributed by atoms with Crippen molar-refractivity contribution in [3.05, 3.63) is 164 Å². The quantitative estimate of drug-likeness (QED) is 0.185. The van der Waals surface area contributed by atoms with Gasteiger partial charge in [0.1, 0.15) is 16.8 Å². The van der Waals surface area contributed by atoms with Crippen molar-refractivity contribution in [2.75, 3.05) is 0 Å². The highest BCUT2D eigenvalue weighted by Crippen LogP contribution is 2.48. The lowest BCUT2D eigenvalue weighted by atomic mass is 10.00. The van der Waals surface area contributed by atoms with Crippen LogP contribution in [0.25, 0.3) is 114 Å². The van der Waals surface area contributed by atoms with E-state index in [-0.39, 0.29) is 0 Å². The Morgan fingerprint density at radius 1 is 0.472 bits per heavy atom. The molecule has 0 unspecified atom stereocenters. The zero-order chi connectivity index (χ0) is 34.6. The van der Waals surface area contributed by atoms with Crippen LogP contribution in [0.3, 0.4) is 0 Å². The van der Waals surface area contributed by atoms with Gasteiger partial charge in [-0.15, -0.1) is 11.3 Å². The molecular weight excluding hydrogens is 667 g/mol. The van der Waals surface area contributed by atoms with Gasteiger partial charge in [0.25, 0.3) is 0 Å². The number of aromatic nitrogens is 3. The van der Waals surface area contributed by atoms with Crippen LogP contribution in [0, 0.1) is 0 Å². The van der Waals surface area contributed by atoms with Gasteiger partial charge in [-0.25, -0.2) is 9.97 Å². The molecule has 0 aliphatic rings. The predicted octanol–water partition coefficient (Wildman–Crippen LogP) is 13.5. The van der Waals surface area contributed by atoms with Gasteiger partial charge in [-0.05, 0) is 40.8 Å². The maximum absolute atomic E-state index is 6.88. The first kappa shape index (κ1) is 28.8. The number of para-hydroxylation sites is 1. The van der Waals surface area contributed by atoms with Crippen molar-refractivity contribution in [3.8, 4) is 28.3 Å². The van der Waals surface area contributed by atoms with Gasteiger partial charge in [0, 0.05) is 58.1 Å². The second-order valence-corrected chi connectivity index (χ2v) is 14.7. The van der Waals surface area contributed by atoms with E-state index in [0.29, 0.717) is 11.5 Å². The summed E-state index contributed by atoms with van der Waals surface area (Å²) in [5.74, 6) is 0.615. The number of benzene rings is 8. The molecule has 0 radical (unpaired) electrons. The molecule has 4 nitrogen and oxygen atoms in total. The Hall–Kier alpha value is -6.82. The van der Waals surface area contributed by atoms with E-state index in [1.807, 2.05) is 11.3 Å². The van der Waals surface area contributed by atoms with Gasteiger partial charge in [0.05, 0.1) is 11.0 Å². The molecule has 4 aromatic heterocycles. The van der Waals surface area contributed by atoms with Gasteiger partial charge in [-0.1, -0.05) is 140 Å². The van der Waals surface area contributed by atoms with Crippen LogP contribution in [0.5, 0.6) is 0 Å². The van der Waals surface area contributed by atoms with Crippen molar-refractivity contribution in [1.82, 2.24) is 14.5 Å². The number of hydrogen-bond acceptors (Lipinski definition) is 4. The summed E-state index contributed by atoms with van der Waals surface area (Å²) in [5.41, 5.74) is 8.49. The SMILES string of the molecule is c1ccc(-c2cccc(-c3nc(-n4c5ccccc5c5c6c7ccccc7sc6c6ccccc6c54)nc4c3oc3c5ccccc5ccc43)c2)cc1. The third-order valence-corrected chi connectivity index (χ3v) is 12.0. The number of nitrogens with zero attached hydrogens (tertiary/aromatic N) is 3. The van der Waals surface area contributed by atoms with E-state index in [1.165, 1.54) is 41.7 Å². The summed E-state index contributed by atoms with van der Waals surface area (Å²) in [6, 6.07) is 58.1. The molecule has 0 aliphatic carbocycles. The highest BCUT2D eigenvalue weighted by molar-refractivity contribution is 7.27. The van der Waals surface area contributed by atoms with Crippen LogP contribution >= 0.6 is 11.3 Å². The fourth-order valence-corrected chi connectivity index (χ4v) is 9.71. The summed E-state index contributed by atoms with van der Waals surface area (Å²) >= 11 is 1.87. The van der Waals surface area contributed by atoms with Crippen molar-refractivity contribution in [2.45, 2.75) is 0 Å². The molecule has 246 valence electrons. The normalized spacial score (nSPS) is 12.2. The monoisotopic (exact) mass is 693 g/mol. The molecule has 0 bridgehead atoms. The van der Waals surface area contributed by atoms with E-state index in [1.54, 1.807) is 0 Å². The van der Waals surface area contributed by atoms with Crippen LogP contribution in [0.1, 0.15) is 0 Å². The molecule has 0 N–H and O–H groups in total. The van der Waals surface area contributed by atoms with Gasteiger partial charge in [-0.2, -0.15) is 0 Å². The Bertz CT molecular complexity index is 3460. The third kappa shape index (κ3) is 4.05. The van der Waals surface area contributed by atoms with Crippen molar-refractivity contribution in [2.24, 2.45) is 0 Å². The summed E-state index contributed by atoms with van der Waals surface area (Å²) in [6.07, 6.45) is 0. The molecule has 0 aliphatic heterocycles. The fraction of sp³-hybridized carbons (Fsp3) is 0. The predicted molar refractivity (Wildman–Crippen MR) is 222 cm³/mol. The second kappa shape index (κ2) is 10.8. The average molecular weight is 694 g/mol. The molecule has 0 fully saturated rings. The zero-order valence-corrected chi connectivity index (χ0v) is 29.1. The van der Waals surface area contributed by atoms with Crippen molar-refractivity contribution >= 4 is 96.9 Å². The Kier molecular flexibility index (Phi) is 5.90. The van der Waals surface area contributed by atoms with E-state index in [9.17, 15) is 0 Å². The summed E-state index contributed by atoms with van der Waals surface area (Å²) in [7, 11) is 0. The molecule has 53 heavy (non-hydrogen) atoms. The Morgan fingerprint density at radius 2 is 1.17 bits per heavy atom. The van der Waals surface area contributed by atoms with E-state index in [4.69, 9.17) is 14.4 Å². The smallest absolute Gasteiger partial charge is 0.236 e. The van der Waals surface area contributed by atoms with Crippen LogP contribution in [-0.2, 0) is 0 Å². The van der Waals surface area contributed by atoms with Crippen LogP contribution in [0.4, 0.5) is 0 Å². The molecule has 0 spiro atoms. The lowest BCUT2D eigenvalue weighted by Crippen LogP contribution is -2.03. The number of furan rings is 1. The maximum atomic E-state index is 6.88. The van der Waals surface area contributed by atoms with E-state index >= 15 is 0 Å². The minimum Gasteiger partial charge on any atom is -0.451 e. The highest BCUT2D eigenvalue weighted by atomic mass is 32.1. The Morgan fingerprint density at radius 3 is 2.06 bits per heavy atom. The first-order valence-corrected chi connectivity index (χ1v) is 18.7. The number of hydrogen-bond donors (Lipinski definition) is 0. The largest absolute Gasteiger partial charge is 0.451 e. The van der Waals surface area contributed by atoms with E-state index in [0.717, 1.165) is 60.7 Å². The lowest BCUT2D eigenvalue weighted by molar-refractivity contribution is 0.670. The first-order chi connectivity index (χ1) is 26.3. The lowest BCUT2D eigenvalue weighted by Gasteiger charge is -2.12. The van der Waals surface area contributed by atoms with Gasteiger partial charge in [0.2, 0.25) is 5.95 Å². The molecular formula is C48H27N3OS. The zero-order valence-electron chi connectivity index (χ0n) is 28.2. The Labute approximate surface area is 306 Å². The van der Waals surface area contributed by atoms with Crippen LogP contribution in [0.2, 0.25) is 0 Å². The minimum absolute atomic E-state index is 0.615. The summed E-state index contributed by atoms with van der Waals surface area (Å²) in [6.45, 7) is 0. The molecule has 0 saturated carbocycles. The van der Waals surface area contributed by atoms with Gasteiger partial charge >= 0.3 is 0 Å². The second-order valence-electron chi connectivity index (χ2n) is 13.7. The molecule has 0 amide bonds. The average Bonchev–Trinajstić information content (AvgIpc) is 3.91. The van der Waals surface area contributed by atoms with Gasteiger partial charge < -0.3 is 4.42 Å². The Balaban J connectivity index is 1.27. The topological polar surface area (TPSA) is 43.9 Å². The number of thiophene rings is 1. The third-order valence-electron chi connectivity index (χ3n) is 10.8. The van der Waals surface area contributed by atoms with Crippen molar-refractivity contribution < 1.29 is 4.42 Å². The molecule has 0 saturated heterocycles. The summed E-state index contributed by atoms with van der Waals surface area (Å²) in [5, 5.41) is 10.5. The fourth-order valence-electron chi connectivity index (χ4n) is 8.46. The highest BCUT2D eigenvalue weighted by Gasteiger charge is 2.25. The molecule has 8 aromatic carbocycles. The first-order valence-electron chi connectivity index (χ1n) is 17.8. The summed E-state index contributed by atoms with van der Waals surface area (Å²) < 4.78 is 11.8. The van der Waals surface area contributed by atoms with Crippen LogP contribution < -0.4 is 0 Å². The van der Waals surface area contributed by atoms with E-state index < -0.39 is 0 Å². The van der Waals surface area contributed by atoms with Crippen molar-refractivity contribution in [1.29, 1.82) is 0 Å². The van der Waals surface area contributed by atoms with Crippen molar-refractivity contribution in [3.63, 3.8) is 0 Å². The number of rotatable bonds is 3. The molecule has 5 heteroatoms. The van der Waals surface area contributed by atoms with Crippen LogP contribution in [-0.4, -0.2) is 14.5 Å². The van der Waals surface area contributed by atoms with Gasteiger partial charge in [-0.3, -0.25) is 4.57 Å². The molecule has 0 atom stereocenters. The number of fused-ring (bicyclic) bond motifs is 15. The minimum atomic E-state index is 0.615. The summed E-state index contributed by atoms with van der Waals surface area (Å²) in [4.78, 5) is 11.0. The standard InChI is InChI=1S/C48H27N3OS/c1-2-13-28(14-3-1)30-16-12-17-31(27-30)42-46-43(37-26-25-29-15-4-5-18-32(29)45(37)52-46)50-48(49-42)51-38-23-10-8-21-35(38)40-41-36-22-9-11-24-39(36)53-47(41)34-20-7-6-19-33(34)44(40)51/h1-27H. The molecule has 4 heterocycles. The van der Waals surface area contributed by atoms with Gasteiger partial charge in [0.15, 0.2) is 5.58 Å². The molecule has 12 rings (SSSR count).